The van der Waals surface area contributed by atoms with Crippen molar-refractivity contribution in [2.24, 2.45) is 0 Å². The van der Waals surface area contributed by atoms with Gasteiger partial charge in [0.1, 0.15) is 11.3 Å². The molecule has 0 unspecified atom stereocenters. The Morgan fingerprint density at radius 2 is 1.65 bits per heavy atom. The van der Waals surface area contributed by atoms with Crippen molar-refractivity contribution in [3.8, 4) is 5.75 Å². The van der Waals surface area contributed by atoms with Crippen LogP contribution in [0.5, 0.6) is 5.75 Å². The zero-order valence-corrected chi connectivity index (χ0v) is 12.8. The maximum Gasteiger partial charge on any atom is 0.426 e. The maximum atomic E-state index is 12.0. The number of benzene rings is 2. The van der Waals surface area contributed by atoms with Gasteiger partial charge in [-0.25, -0.2) is 22.7 Å². The fourth-order valence-electron chi connectivity index (χ4n) is 1.74. The average molecular weight is 335 g/mol. The molecule has 2 N–H and O–H groups in total. The lowest BCUT2D eigenvalue weighted by Crippen LogP contribution is -2.33. The zero-order chi connectivity index (χ0) is 17.0. The number of aromatic carboxylic acids is 1. The van der Waals surface area contributed by atoms with Crippen LogP contribution in [0.25, 0.3) is 0 Å². The van der Waals surface area contributed by atoms with E-state index >= 15 is 0 Å². The molecule has 23 heavy (non-hydrogen) atoms. The second-order valence-electron chi connectivity index (χ2n) is 4.61. The summed E-state index contributed by atoms with van der Waals surface area (Å²) in [5.74, 6) is -1.55. The fourth-order valence-corrected chi connectivity index (χ4v) is 2.61. The van der Waals surface area contributed by atoms with Crippen LogP contribution in [0.3, 0.4) is 0 Å². The summed E-state index contributed by atoms with van der Waals surface area (Å²) < 4.78 is 30.6. The number of aryl methyl sites for hydroxylation is 1. The number of hydrogen-bond acceptors (Lipinski definition) is 5. The summed E-state index contributed by atoms with van der Waals surface area (Å²) in [6.07, 6.45) is -1.29. The quantitative estimate of drug-likeness (QED) is 0.886. The number of carbonyl (C=O) groups excluding carboxylic acids is 1. The molecule has 120 valence electrons. The van der Waals surface area contributed by atoms with E-state index in [0.29, 0.717) is 0 Å². The number of hydrogen-bond donors (Lipinski definition) is 2. The van der Waals surface area contributed by atoms with Crippen molar-refractivity contribution in [3.63, 3.8) is 0 Å². The molecule has 0 radical (unpaired) electrons. The van der Waals surface area contributed by atoms with Gasteiger partial charge in [-0.3, -0.25) is 0 Å². The summed E-state index contributed by atoms with van der Waals surface area (Å²) in [4.78, 5) is 22.6. The third kappa shape index (κ3) is 4.07. The molecule has 0 fully saturated rings. The van der Waals surface area contributed by atoms with Gasteiger partial charge in [-0.15, -0.1) is 0 Å². The van der Waals surface area contributed by atoms with E-state index in [1.165, 1.54) is 36.4 Å². The molecule has 0 aliphatic rings. The zero-order valence-electron chi connectivity index (χ0n) is 12.0. The van der Waals surface area contributed by atoms with E-state index in [1.54, 1.807) is 23.8 Å². The van der Waals surface area contributed by atoms with Crippen molar-refractivity contribution >= 4 is 22.1 Å². The molecule has 0 heterocycles. The Bertz CT molecular complexity index is 843. The van der Waals surface area contributed by atoms with Crippen LogP contribution in [0.4, 0.5) is 4.79 Å². The van der Waals surface area contributed by atoms with E-state index in [0.717, 1.165) is 5.56 Å². The molecule has 2 rings (SSSR count). The number of nitrogens with one attached hydrogen (secondary N) is 1. The molecular weight excluding hydrogens is 322 g/mol. The molecule has 1 amide bonds. The Balaban J connectivity index is 2.16. The number of carboxylic acids is 1. The minimum Gasteiger partial charge on any atom is -0.478 e. The molecule has 2 aromatic carbocycles. The van der Waals surface area contributed by atoms with E-state index in [1.807, 2.05) is 0 Å². The van der Waals surface area contributed by atoms with E-state index in [-0.39, 0.29) is 16.2 Å². The van der Waals surface area contributed by atoms with Crippen molar-refractivity contribution in [2.45, 2.75) is 11.8 Å². The second-order valence-corrected chi connectivity index (χ2v) is 6.29. The van der Waals surface area contributed by atoms with Gasteiger partial charge in [0.2, 0.25) is 0 Å². The molecule has 0 atom stereocenters. The van der Waals surface area contributed by atoms with Crippen molar-refractivity contribution in [1.82, 2.24) is 4.72 Å². The van der Waals surface area contributed by atoms with E-state index in [2.05, 4.69) is 0 Å². The molecule has 0 saturated heterocycles. The Kier molecular flexibility index (Phi) is 4.65. The highest BCUT2D eigenvalue weighted by atomic mass is 32.2. The lowest BCUT2D eigenvalue weighted by molar-refractivity contribution is 0.0694. The standard InChI is InChI=1S/C15H13NO6S/c1-10-6-8-11(9-7-10)23(20,21)16-15(19)22-13-5-3-2-4-12(13)14(17)18/h2-9H,1H3,(H,16,19)(H,17,18). The highest BCUT2D eigenvalue weighted by Gasteiger charge is 2.20. The van der Waals surface area contributed by atoms with Crippen molar-refractivity contribution in [1.29, 1.82) is 0 Å². The third-order valence-corrected chi connectivity index (χ3v) is 4.20. The van der Waals surface area contributed by atoms with Gasteiger partial charge >= 0.3 is 12.1 Å². The van der Waals surface area contributed by atoms with Crippen LogP contribution in [0.15, 0.2) is 53.4 Å². The van der Waals surface area contributed by atoms with Gasteiger partial charge < -0.3 is 9.84 Å². The predicted molar refractivity (Wildman–Crippen MR) is 80.9 cm³/mol. The summed E-state index contributed by atoms with van der Waals surface area (Å²) in [6, 6.07) is 11.3. The van der Waals surface area contributed by atoms with Crippen LogP contribution in [0, 0.1) is 6.92 Å². The van der Waals surface area contributed by atoms with Gasteiger partial charge in [0.05, 0.1) is 4.90 Å². The first-order chi connectivity index (χ1) is 10.8. The van der Waals surface area contributed by atoms with Crippen LogP contribution in [0.1, 0.15) is 15.9 Å². The first-order valence-corrected chi connectivity index (χ1v) is 7.91. The van der Waals surface area contributed by atoms with Gasteiger partial charge in [0.25, 0.3) is 10.0 Å². The summed E-state index contributed by atoms with van der Waals surface area (Å²) in [5.41, 5.74) is 0.609. The normalized spacial score (nSPS) is 10.8. The van der Waals surface area contributed by atoms with Gasteiger partial charge in [0, 0.05) is 0 Å². The number of ether oxygens (including phenoxy) is 1. The van der Waals surface area contributed by atoms with E-state index in [4.69, 9.17) is 9.84 Å². The number of sulfonamides is 1. The Morgan fingerprint density at radius 1 is 1.04 bits per heavy atom. The monoisotopic (exact) mass is 335 g/mol. The van der Waals surface area contributed by atoms with Crippen LogP contribution >= 0.6 is 0 Å². The molecule has 0 aromatic heterocycles. The van der Waals surface area contributed by atoms with Gasteiger partial charge in [-0.05, 0) is 31.2 Å². The Labute approximate surface area is 132 Å². The first kappa shape index (κ1) is 16.5. The lowest BCUT2D eigenvalue weighted by atomic mass is 10.2. The molecule has 2 aromatic rings. The maximum absolute atomic E-state index is 12.0. The van der Waals surface area contributed by atoms with Crippen molar-refractivity contribution in [3.05, 3.63) is 59.7 Å². The van der Waals surface area contributed by atoms with Gasteiger partial charge in [-0.1, -0.05) is 29.8 Å². The highest BCUT2D eigenvalue weighted by Crippen LogP contribution is 2.18. The largest absolute Gasteiger partial charge is 0.478 e. The molecule has 0 aliphatic carbocycles. The third-order valence-electron chi connectivity index (χ3n) is 2.87. The Hall–Kier alpha value is -2.87. The number of carbonyl (C=O) groups is 2. The van der Waals surface area contributed by atoms with Crippen LogP contribution in [-0.2, 0) is 10.0 Å². The summed E-state index contributed by atoms with van der Waals surface area (Å²) in [7, 11) is -4.10. The van der Waals surface area contributed by atoms with E-state index < -0.39 is 22.1 Å². The van der Waals surface area contributed by atoms with Crippen molar-refractivity contribution < 1.29 is 27.9 Å². The molecule has 0 saturated carbocycles. The number of para-hydroxylation sites is 1. The van der Waals surface area contributed by atoms with Gasteiger partial charge in [0.15, 0.2) is 0 Å². The van der Waals surface area contributed by atoms with Crippen LogP contribution in [0.2, 0.25) is 0 Å². The number of rotatable bonds is 4. The average Bonchev–Trinajstić information content (AvgIpc) is 2.47. The SMILES string of the molecule is Cc1ccc(S(=O)(=O)NC(=O)Oc2ccccc2C(=O)O)cc1. The van der Waals surface area contributed by atoms with Crippen LogP contribution < -0.4 is 9.46 Å². The summed E-state index contributed by atoms with van der Waals surface area (Å²) in [5, 5.41) is 8.99. The lowest BCUT2D eigenvalue weighted by Gasteiger charge is -2.09. The van der Waals surface area contributed by atoms with Crippen LogP contribution in [-0.4, -0.2) is 25.6 Å². The fraction of sp³-hybridized carbons (Fsp3) is 0.0667. The Morgan fingerprint density at radius 3 is 2.26 bits per heavy atom. The highest BCUT2D eigenvalue weighted by molar-refractivity contribution is 7.90. The van der Waals surface area contributed by atoms with Gasteiger partial charge in [-0.2, -0.15) is 0 Å². The minimum absolute atomic E-state index is 0.105. The summed E-state index contributed by atoms with van der Waals surface area (Å²) in [6.45, 7) is 1.79. The first-order valence-electron chi connectivity index (χ1n) is 6.43. The van der Waals surface area contributed by atoms with E-state index in [9.17, 15) is 18.0 Å². The molecule has 0 spiro atoms. The molecular formula is C15H13NO6S. The molecule has 8 heteroatoms. The number of amides is 1. The van der Waals surface area contributed by atoms with Crippen molar-refractivity contribution in [2.75, 3.05) is 0 Å². The minimum atomic E-state index is -4.10. The topological polar surface area (TPSA) is 110 Å². The smallest absolute Gasteiger partial charge is 0.426 e. The second kappa shape index (κ2) is 6.49. The molecule has 7 nitrogen and oxygen atoms in total. The molecule has 0 aliphatic heterocycles. The number of carboxylic acid groups (broad SMARTS) is 1. The summed E-state index contributed by atoms with van der Waals surface area (Å²) >= 11 is 0. The predicted octanol–water partition coefficient (Wildman–Crippen LogP) is 2.17. The molecule has 0 bridgehead atoms.